The fourth-order valence-corrected chi connectivity index (χ4v) is 5.53. The third-order valence-electron chi connectivity index (χ3n) is 8.07. The van der Waals surface area contributed by atoms with Crippen LogP contribution >= 0.6 is 23.2 Å². The Bertz CT molecular complexity index is 1480. The van der Waals surface area contributed by atoms with Crippen LogP contribution in [0.15, 0.2) is 109 Å². The highest BCUT2D eigenvalue weighted by Gasteiger charge is 2.28. The fraction of sp³-hybridized carbons (Fsp3) is 0.316. The summed E-state index contributed by atoms with van der Waals surface area (Å²) in [6.07, 6.45) is 11.7. The van der Waals surface area contributed by atoms with Crippen LogP contribution in [0, 0.1) is 0 Å². The number of carbonyl (C=O) groups is 4. The minimum atomic E-state index is -0.518. The van der Waals surface area contributed by atoms with Crippen molar-refractivity contribution in [1.29, 1.82) is 0 Å². The number of pyridine rings is 2. The van der Waals surface area contributed by atoms with Gasteiger partial charge in [0.15, 0.2) is 0 Å². The van der Waals surface area contributed by atoms with Gasteiger partial charge in [-0.05, 0) is 85.3 Å². The van der Waals surface area contributed by atoms with E-state index in [1.165, 1.54) is 19.0 Å². The number of halogens is 2. The molecule has 6 rings (SSSR count). The van der Waals surface area contributed by atoms with Gasteiger partial charge in [-0.15, -0.1) is 0 Å². The van der Waals surface area contributed by atoms with Crippen molar-refractivity contribution in [2.45, 2.75) is 75.5 Å². The third kappa shape index (κ3) is 14.6. The van der Waals surface area contributed by atoms with Crippen LogP contribution in [0.25, 0.3) is 0 Å². The number of nitrogens with two attached hydrogens (primary N) is 2. The minimum absolute atomic E-state index is 0.0564. The number of hydrogen-bond acceptors (Lipinski definition) is 8. The normalized spacial score (nSPS) is 19.3. The standard InChI is InChI=1S/C19H21N3O2.C7H5ClO.C6H4ClNO.C6H14N2/c23-18(14-8-2-1-3-9-14)21-15-10-4-5-11-16(15)22-19(24)17-12-6-7-13-20-17;8-7(9)6-4-2-1-3-5-6;7-6(9)5-3-1-2-4-8-5;7-5-3-1-2-4-6(5)8/h1-3,6-9,12-13,15-16H,4-5,10-11H2,(H,21,23)(H,22,24);1-5H;1-4H;5-6H,1-4,7-8H2/t15-,16-;;;5-,6-/m0..0/s1. The van der Waals surface area contributed by atoms with Gasteiger partial charge in [-0.3, -0.25) is 29.1 Å². The van der Waals surface area contributed by atoms with Crippen molar-refractivity contribution in [3.63, 3.8) is 0 Å². The zero-order chi connectivity index (χ0) is 36.1. The second kappa shape index (κ2) is 22.3. The number of aromatic nitrogens is 2. The molecule has 4 aromatic rings. The molecule has 2 heterocycles. The van der Waals surface area contributed by atoms with Crippen molar-refractivity contribution < 1.29 is 19.2 Å². The number of amides is 2. The largest absolute Gasteiger partial charge is 0.347 e. The topological polar surface area (TPSA) is 170 Å². The van der Waals surface area contributed by atoms with Crippen molar-refractivity contribution in [2.24, 2.45) is 11.5 Å². The van der Waals surface area contributed by atoms with Crippen LogP contribution in [-0.4, -0.2) is 56.4 Å². The molecule has 10 nitrogen and oxygen atoms in total. The first-order valence-corrected chi connectivity index (χ1v) is 17.4. The quantitative estimate of drug-likeness (QED) is 0.169. The molecule has 2 aromatic heterocycles. The van der Waals surface area contributed by atoms with E-state index in [4.69, 9.17) is 34.7 Å². The minimum Gasteiger partial charge on any atom is -0.347 e. The Morgan fingerprint density at radius 1 is 0.520 bits per heavy atom. The summed E-state index contributed by atoms with van der Waals surface area (Å²) in [4.78, 5) is 53.2. The number of carbonyl (C=O) groups excluding carboxylic acids is 4. The van der Waals surface area contributed by atoms with Gasteiger partial charge in [-0.2, -0.15) is 0 Å². The van der Waals surface area contributed by atoms with Gasteiger partial charge < -0.3 is 22.1 Å². The van der Waals surface area contributed by atoms with Crippen LogP contribution in [0.1, 0.15) is 93.1 Å². The first-order chi connectivity index (χ1) is 24.2. The van der Waals surface area contributed by atoms with Crippen LogP contribution < -0.4 is 22.1 Å². The molecule has 0 radical (unpaired) electrons. The summed E-state index contributed by atoms with van der Waals surface area (Å²) in [5.41, 5.74) is 13.2. The second-order valence-corrected chi connectivity index (χ2v) is 12.5. The molecule has 4 atom stereocenters. The van der Waals surface area contributed by atoms with E-state index >= 15 is 0 Å². The maximum Gasteiger partial charge on any atom is 0.270 e. The maximum atomic E-state index is 12.4. The van der Waals surface area contributed by atoms with E-state index in [-0.39, 0.29) is 36.0 Å². The summed E-state index contributed by atoms with van der Waals surface area (Å²) in [5, 5.41) is 5.17. The lowest BCUT2D eigenvalue weighted by atomic mass is 9.90. The molecule has 2 aliphatic carbocycles. The predicted molar refractivity (Wildman–Crippen MR) is 197 cm³/mol. The van der Waals surface area contributed by atoms with Gasteiger partial charge >= 0.3 is 0 Å². The molecule has 0 spiro atoms. The molecule has 264 valence electrons. The van der Waals surface area contributed by atoms with Gasteiger partial charge in [0.1, 0.15) is 11.4 Å². The Balaban J connectivity index is 0.000000212. The zero-order valence-electron chi connectivity index (χ0n) is 27.8. The molecule has 2 aromatic carbocycles. The highest BCUT2D eigenvalue weighted by atomic mass is 35.5. The van der Waals surface area contributed by atoms with Crippen molar-refractivity contribution in [3.8, 4) is 0 Å². The van der Waals surface area contributed by atoms with Crippen LogP contribution in [0.2, 0.25) is 0 Å². The van der Waals surface area contributed by atoms with Gasteiger partial charge in [0, 0.05) is 47.7 Å². The molecule has 50 heavy (non-hydrogen) atoms. The van der Waals surface area contributed by atoms with Crippen LogP contribution in [0.5, 0.6) is 0 Å². The predicted octanol–water partition coefficient (Wildman–Crippen LogP) is 6.29. The van der Waals surface area contributed by atoms with Crippen molar-refractivity contribution >= 4 is 45.5 Å². The Hall–Kier alpha value is -4.48. The van der Waals surface area contributed by atoms with Crippen molar-refractivity contribution in [3.05, 3.63) is 132 Å². The van der Waals surface area contributed by atoms with Gasteiger partial charge in [0.05, 0.1) is 0 Å². The molecule has 2 aliphatic rings. The highest BCUT2D eigenvalue weighted by Crippen LogP contribution is 2.20. The molecule has 0 unspecified atom stereocenters. The average Bonchev–Trinajstić information content (AvgIpc) is 3.16. The molecule has 2 saturated carbocycles. The van der Waals surface area contributed by atoms with Gasteiger partial charge in [-0.25, -0.2) is 0 Å². The van der Waals surface area contributed by atoms with E-state index in [2.05, 4.69) is 20.6 Å². The summed E-state index contributed by atoms with van der Waals surface area (Å²) in [6.45, 7) is 0. The van der Waals surface area contributed by atoms with Gasteiger partial charge in [0.25, 0.3) is 22.3 Å². The van der Waals surface area contributed by atoms with Crippen LogP contribution in [0.4, 0.5) is 0 Å². The Labute approximate surface area is 303 Å². The first kappa shape index (κ1) is 40.0. The Kier molecular flexibility index (Phi) is 17.8. The lowest BCUT2D eigenvalue weighted by Gasteiger charge is -2.32. The van der Waals surface area contributed by atoms with Crippen molar-refractivity contribution in [2.75, 3.05) is 0 Å². The molecular formula is C38H44Cl2N6O4. The summed E-state index contributed by atoms with van der Waals surface area (Å²) >= 11 is 10.3. The number of benzene rings is 2. The third-order valence-corrected chi connectivity index (χ3v) is 8.49. The summed E-state index contributed by atoms with van der Waals surface area (Å²) in [7, 11) is 0. The first-order valence-electron chi connectivity index (χ1n) is 16.6. The highest BCUT2D eigenvalue weighted by molar-refractivity contribution is 6.68. The summed E-state index contributed by atoms with van der Waals surface area (Å²) in [6, 6.07) is 28.6. The Morgan fingerprint density at radius 3 is 1.32 bits per heavy atom. The lowest BCUT2D eigenvalue weighted by molar-refractivity contribution is 0.0860. The van der Waals surface area contributed by atoms with E-state index in [0.717, 1.165) is 38.5 Å². The number of nitrogens with one attached hydrogen (secondary N) is 2. The average molecular weight is 720 g/mol. The summed E-state index contributed by atoms with van der Waals surface area (Å²) < 4.78 is 0. The molecule has 0 bridgehead atoms. The van der Waals surface area contributed by atoms with Gasteiger partial charge in [0.2, 0.25) is 0 Å². The van der Waals surface area contributed by atoms with E-state index in [9.17, 15) is 19.2 Å². The number of hydrogen-bond donors (Lipinski definition) is 4. The molecule has 2 fully saturated rings. The van der Waals surface area contributed by atoms with E-state index in [1.54, 1.807) is 79.0 Å². The molecule has 12 heteroatoms. The molecule has 2 amide bonds. The Morgan fingerprint density at radius 2 is 0.940 bits per heavy atom. The zero-order valence-corrected chi connectivity index (χ0v) is 29.3. The van der Waals surface area contributed by atoms with E-state index < -0.39 is 10.5 Å². The van der Waals surface area contributed by atoms with Gasteiger partial charge in [-0.1, -0.05) is 86.3 Å². The lowest BCUT2D eigenvalue weighted by Crippen LogP contribution is -2.53. The SMILES string of the molecule is N[C@H]1CCCC[C@@H]1N.O=C(Cl)c1ccccc1.O=C(Cl)c1ccccn1.O=C(N[C@H]1CCCC[C@@H]1NC(=O)c1ccccn1)c1ccccc1. The molecule has 0 aliphatic heterocycles. The van der Waals surface area contributed by atoms with Crippen molar-refractivity contribution in [1.82, 2.24) is 20.6 Å². The number of rotatable bonds is 6. The smallest absolute Gasteiger partial charge is 0.270 e. The second-order valence-electron chi connectivity index (χ2n) is 11.8. The molecule has 0 saturated heterocycles. The van der Waals surface area contributed by atoms with E-state index in [0.29, 0.717) is 22.5 Å². The number of nitrogens with zero attached hydrogens (tertiary/aromatic N) is 2. The molecule has 6 N–H and O–H groups in total. The van der Waals surface area contributed by atoms with Crippen LogP contribution in [-0.2, 0) is 0 Å². The molecular weight excluding hydrogens is 675 g/mol. The van der Waals surface area contributed by atoms with E-state index in [1.807, 2.05) is 24.3 Å². The van der Waals surface area contributed by atoms with Crippen LogP contribution in [0.3, 0.4) is 0 Å². The monoisotopic (exact) mass is 718 g/mol. The summed E-state index contributed by atoms with van der Waals surface area (Å²) in [5.74, 6) is -0.291. The maximum absolute atomic E-state index is 12.4. The fourth-order valence-electron chi connectivity index (χ4n) is 5.29.